The maximum absolute atomic E-state index is 13.2. The Morgan fingerprint density at radius 1 is 1.03 bits per heavy atom. The third kappa shape index (κ3) is 6.36. The Morgan fingerprint density at radius 3 is 2.40 bits per heavy atom. The number of amides is 2. The van der Waals surface area contributed by atoms with Crippen LogP contribution in [0.1, 0.15) is 23.6 Å². The number of halogens is 3. The van der Waals surface area contributed by atoms with Crippen molar-refractivity contribution in [2.45, 2.75) is 20.1 Å². The van der Waals surface area contributed by atoms with E-state index in [0.717, 1.165) is 26.5 Å². The van der Waals surface area contributed by atoms with Gasteiger partial charge in [0.1, 0.15) is 12.4 Å². The fourth-order valence-electron chi connectivity index (χ4n) is 3.37. The standard InChI is InChI=1S/C26H20ClFINO4S/c1-2-33-22-12-18(11-21(27)24(22)34-15-17-3-7-19(28)8-4-17)13-23-25(31)30(26(32)35-23)14-16-5-9-20(29)10-6-16/h3-13H,2,14-15H2,1H3/b23-13-. The van der Waals surface area contributed by atoms with Crippen LogP contribution in [0, 0.1) is 9.39 Å². The lowest BCUT2D eigenvalue weighted by Crippen LogP contribution is -2.27. The number of thioether (sulfide) groups is 1. The summed E-state index contributed by atoms with van der Waals surface area (Å²) in [6.07, 6.45) is 1.62. The average molecular weight is 624 g/mol. The van der Waals surface area contributed by atoms with Crippen molar-refractivity contribution in [3.63, 3.8) is 0 Å². The maximum Gasteiger partial charge on any atom is 0.293 e. The van der Waals surface area contributed by atoms with Crippen LogP contribution in [0.2, 0.25) is 5.02 Å². The first kappa shape index (κ1) is 25.5. The van der Waals surface area contributed by atoms with E-state index in [9.17, 15) is 14.0 Å². The topological polar surface area (TPSA) is 55.8 Å². The smallest absolute Gasteiger partial charge is 0.293 e. The second-order valence-electron chi connectivity index (χ2n) is 7.57. The molecule has 0 radical (unpaired) electrons. The SMILES string of the molecule is CCOc1cc(/C=C2\SC(=O)N(Cc3ccc(I)cc3)C2=O)cc(Cl)c1OCc1ccc(F)cc1. The van der Waals surface area contributed by atoms with E-state index in [4.69, 9.17) is 21.1 Å². The molecule has 5 nitrogen and oxygen atoms in total. The van der Waals surface area contributed by atoms with E-state index in [1.54, 1.807) is 30.3 Å². The third-order valence-corrected chi connectivity index (χ3v) is 6.96. The highest BCUT2D eigenvalue weighted by Crippen LogP contribution is 2.39. The van der Waals surface area contributed by atoms with E-state index < -0.39 is 0 Å². The van der Waals surface area contributed by atoms with Crippen LogP contribution in [0.15, 0.2) is 65.6 Å². The lowest BCUT2D eigenvalue weighted by atomic mass is 10.1. The molecular formula is C26H20ClFINO4S. The van der Waals surface area contributed by atoms with E-state index in [0.29, 0.717) is 33.6 Å². The molecule has 1 aliphatic rings. The minimum atomic E-state index is -0.357. The second kappa shape index (κ2) is 11.5. The van der Waals surface area contributed by atoms with Gasteiger partial charge in [-0.05, 0) is 100 Å². The number of nitrogens with zero attached hydrogens (tertiary/aromatic N) is 1. The summed E-state index contributed by atoms with van der Waals surface area (Å²) in [6, 6.07) is 17.0. The normalized spacial score (nSPS) is 14.6. The van der Waals surface area contributed by atoms with Crippen molar-refractivity contribution in [3.05, 3.63) is 96.7 Å². The number of benzene rings is 3. The van der Waals surface area contributed by atoms with Crippen LogP contribution in [0.4, 0.5) is 9.18 Å². The van der Waals surface area contributed by atoms with Crippen molar-refractivity contribution in [1.82, 2.24) is 4.90 Å². The average Bonchev–Trinajstić information content (AvgIpc) is 3.08. The van der Waals surface area contributed by atoms with Gasteiger partial charge in [-0.25, -0.2) is 4.39 Å². The van der Waals surface area contributed by atoms with E-state index in [2.05, 4.69) is 22.6 Å². The predicted molar refractivity (Wildman–Crippen MR) is 144 cm³/mol. The van der Waals surface area contributed by atoms with Gasteiger partial charge in [0, 0.05) is 3.57 Å². The van der Waals surface area contributed by atoms with Crippen LogP contribution in [0.25, 0.3) is 6.08 Å². The number of imide groups is 1. The Kier molecular flexibility index (Phi) is 8.35. The summed E-state index contributed by atoms with van der Waals surface area (Å²) in [4.78, 5) is 27.0. The van der Waals surface area contributed by atoms with Crippen molar-refractivity contribution in [1.29, 1.82) is 0 Å². The molecule has 0 atom stereocenters. The molecule has 35 heavy (non-hydrogen) atoms. The summed E-state index contributed by atoms with van der Waals surface area (Å²) >= 11 is 9.59. The van der Waals surface area contributed by atoms with E-state index in [1.165, 1.54) is 17.0 Å². The molecule has 0 N–H and O–H groups in total. The van der Waals surface area contributed by atoms with Crippen LogP contribution in [0.3, 0.4) is 0 Å². The third-order valence-electron chi connectivity index (χ3n) is 5.05. The molecule has 3 aromatic carbocycles. The Hall–Kier alpha value is -2.56. The first-order valence-corrected chi connectivity index (χ1v) is 12.9. The molecule has 0 aliphatic carbocycles. The fourth-order valence-corrected chi connectivity index (χ4v) is 4.84. The van der Waals surface area contributed by atoms with Gasteiger partial charge in [0.15, 0.2) is 11.5 Å². The van der Waals surface area contributed by atoms with Crippen molar-refractivity contribution < 1.29 is 23.5 Å². The molecule has 0 saturated carbocycles. The molecule has 4 rings (SSSR count). The van der Waals surface area contributed by atoms with Gasteiger partial charge in [-0.2, -0.15) is 0 Å². The molecule has 2 amide bonds. The van der Waals surface area contributed by atoms with E-state index >= 15 is 0 Å². The summed E-state index contributed by atoms with van der Waals surface area (Å²) in [5, 5.41) is -0.0300. The van der Waals surface area contributed by atoms with Crippen LogP contribution < -0.4 is 9.47 Å². The second-order valence-corrected chi connectivity index (χ2v) is 10.2. The molecule has 9 heteroatoms. The lowest BCUT2D eigenvalue weighted by Gasteiger charge is -2.15. The van der Waals surface area contributed by atoms with Gasteiger partial charge in [0.2, 0.25) is 0 Å². The Labute approximate surface area is 225 Å². The van der Waals surface area contributed by atoms with Crippen molar-refractivity contribution in [2.75, 3.05) is 6.61 Å². The summed E-state index contributed by atoms with van der Waals surface area (Å²) in [5.41, 5.74) is 2.25. The molecule has 0 unspecified atom stereocenters. The number of carbonyl (C=O) groups excluding carboxylic acids is 2. The first-order chi connectivity index (χ1) is 16.8. The zero-order valence-corrected chi connectivity index (χ0v) is 22.3. The lowest BCUT2D eigenvalue weighted by molar-refractivity contribution is -0.123. The van der Waals surface area contributed by atoms with Gasteiger partial charge in [-0.3, -0.25) is 14.5 Å². The van der Waals surface area contributed by atoms with Crippen LogP contribution in [-0.2, 0) is 17.9 Å². The maximum atomic E-state index is 13.2. The minimum Gasteiger partial charge on any atom is -0.490 e. The highest BCUT2D eigenvalue weighted by Gasteiger charge is 2.35. The summed E-state index contributed by atoms with van der Waals surface area (Å²) < 4.78 is 25.8. The molecule has 1 saturated heterocycles. The van der Waals surface area contributed by atoms with Crippen molar-refractivity contribution in [2.24, 2.45) is 0 Å². The molecule has 1 heterocycles. The van der Waals surface area contributed by atoms with Gasteiger partial charge < -0.3 is 9.47 Å². The zero-order chi connectivity index (χ0) is 24.9. The number of hydrogen-bond donors (Lipinski definition) is 0. The highest BCUT2D eigenvalue weighted by molar-refractivity contribution is 14.1. The summed E-state index contributed by atoms with van der Waals surface area (Å²) in [6.45, 7) is 2.59. The van der Waals surface area contributed by atoms with Crippen LogP contribution in [0.5, 0.6) is 11.5 Å². The molecule has 1 fully saturated rings. The molecule has 180 valence electrons. The molecule has 1 aliphatic heterocycles. The van der Waals surface area contributed by atoms with Crippen LogP contribution in [-0.4, -0.2) is 22.7 Å². The van der Waals surface area contributed by atoms with Gasteiger partial charge in [0.05, 0.1) is 23.1 Å². The minimum absolute atomic E-state index is 0.177. The fraction of sp³-hybridized carbons (Fsp3) is 0.154. The zero-order valence-electron chi connectivity index (χ0n) is 18.6. The number of rotatable bonds is 8. The largest absolute Gasteiger partial charge is 0.490 e. The summed E-state index contributed by atoms with van der Waals surface area (Å²) in [5.74, 6) is 0.0756. The van der Waals surface area contributed by atoms with Gasteiger partial charge >= 0.3 is 0 Å². The Bertz CT molecular complexity index is 1280. The van der Waals surface area contributed by atoms with E-state index in [-0.39, 0.29) is 30.1 Å². The van der Waals surface area contributed by atoms with Gasteiger partial charge in [-0.15, -0.1) is 0 Å². The molecular weight excluding hydrogens is 604 g/mol. The number of carbonyl (C=O) groups is 2. The molecule has 0 spiro atoms. The van der Waals surface area contributed by atoms with Crippen molar-refractivity contribution >= 4 is 63.2 Å². The first-order valence-electron chi connectivity index (χ1n) is 10.7. The Morgan fingerprint density at radius 2 is 1.71 bits per heavy atom. The monoisotopic (exact) mass is 623 g/mol. The Balaban J connectivity index is 1.54. The molecule has 0 aromatic heterocycles. The van der Waals surface area contributed by atoms with E-state index in [1.807, 2.05) is 31.2 Å². The number of hydrogen-bond acceptors (Lipinski definition) is 5. The summed E-state index contributed by atoms with van der Waals surface area (Å²) in [7, 11) is 0. The van der Waals surface area contributed by atoms with Crippen LogP contribution >= 0.6 is 46.0 Å². The highest BCUT2D eigenvalue weighted by atomic mass is 127. The van der Waals surface area contributed by atoms with Gasteiger partial charge in [-0.1, -0.05) is 35.9 Å². The van der Waals surface area contributed by atoms with Gasteiger partial charge in [0.25, 0.3) is 11.1 Å². The van der Waals surface area contributed by atoms with Crippen molar-refractivity contribution in [3.8, 4) is 11.5 Å². The molecule has 3 aromatic rings. The number of ether oxygens (including phenoxy) is 2. The predicted octanol–water partition coefficient (Wildman–Crippen LogP) is 7.30. The molecule has 0 bridgehead atoms. The quantitative estimate of drug-likeness (QED) is 0.195.